The Kier molecular flexibility index (Phi) is 6.37. The highest BCUT2D eigenvalue weighted by Gasteiger charge is 2.14. The van der Waals surface area contributed by atoms with Crippen molar-refractivity contribution >= 4 is 11.6 Å². The molecule has 3 rings (SSSR count). The van der Waals surface area contributed by atoms with Gasteiger partial charge in [-0.25, -0.2) is 9.98 Å². The van der Waals surface area contributed by atoms with E-state index in [-0.39, 0.29) is 17.3 Å². The van der Waals surface area contributed by atoms with Crippen LogP contribution in [0.4, 0.5) is 0 Å². The standard InChI is InChI=1S/C21H23N5O2/c1-3-27-20-18(12-22)11-19(13-25-20)21(28-23)26-14(2)16-5-4-15-6-8-24-9-7-17(15)10-16/h4-5,10-11,13,24H,2-3,6-9,23H2,1H3/b26-21-. The minimum Gasteiger partial charge on any atom is -0.477 e. The first-order chi connectivity index (χ1) is 13.7. The molecule has 144 valence electrons. The predicted octanol–water partition coefficient (Wildman–Crippen LogP) is 2.35. The minimum atomic E-state index is 0.133. The number of aromatic nitrogens is 1. The fraction of sp³-hybridized carbons (Fsp3) is 0.286. The number of nitrogens with zero attached hydrogens (tertiary/aromatic N) is 3. The van der Waals surface area contributed by atoms with Crippen molar-refractivity contribution in [1.29, 1.82) is 5.26 Å². The molecule has 7 heteroatoms. The molecule has 0 unspecified atom stereocenters. The quantitative estimate of drug-likeness (QED) is 0.471. The van der Waals surface area contributed by atoms with E-state index in [0.717, 1.165) is 31.5 Å². The number of nitrogens with one attached hydrogen (secondary N) is 1. The number of nitrogens with two attached hydrogens (primary N) is 1. The Bertz CT molecular complexity index is 946. The SMILES string of the molecule is C=C(/N=C(\ON)c1cnc(OCC)c(C#N)c1)c1ccc2c(c1)CCNCC2. The molecule has 0 fully saturated rings. The molecule has 1 aliphatic heterocycles. The maximum atomic E-state index is 9.31. The monoisotopic (exact) mass is 377 g/mol. The number of fused-ring (bicyclic) bond motifs is 1. The molecule has 0 atom stereocenters. The zero-order chi connectivity index (χ0) is 19.9. The third-order valence-corrected chi connectivity index (χ3v) is 4.53. The molecule has 0 spiro atoms. The Hall–Kier alpha value is -3.21. The molecule has 0 amide bonds. The molecule has 0 aliphatic carbocycles. The van der Waals surface area contributed by atoms with E-state index in [0.29, 0.717) is 17.9 Å². The van der Waals surface area contributed by atoms with Gasteiger partial charge in [-0.1, -0.05) is 18.7 Å². The first-order valence-electron chi connectivity index (χ1n) is 9.16. The van der Waals surface area contributed by atoms with Crippen LogP contribution in [0.25, 0.3) is 5.70 Å². The Morgan fingerprint density at radius 2 is 2.07 bits per heavy atom. The smallest absolute Gasteiger partial charge is 0.246 e. The maximum Gasteiger partial charge on any atom is 0.246 e. The molecule has 2 aromatic rings. The molecule has 28 heavy (non-hydrogen) atoms. The van der Waals surface area contributed by atoms with Gasteiger partial charge in [-0.3, -0.25) is 0 Å². The van der Waals surface area contributed by atoms with E-state index >= 15 is 0 Å². The van der Waals surface area contributed by atoms with Gasteiger partial charge in [0, 0.05) is 6.20 Å². The summed E-state index contributed by atoms with van der Waals surface area (Å²) in [6.07, 6.45) is 3.49. The molecule has 1 aromatic heterocycles. The minimum absolute atomic E-state index is 0.133. The second-order valence-electron chi connectivity index (χ2n) is 6.34. The van der Waals surface area contributed by atoms with Gasteiger partial charge in [-0.15, -0.1) is 0 Å². The number of benzene rings is 1. The van der Waals surface area contributed by atoms with Crippen molar-refractivity contribution in [3.8, 4) is 11.9 Å². The summed E-state index contributed by atoms with van der Waals surface area (Å²) >= 11 is 0. The number of rotatable bonds is 5. The molecular formula is C21H23N5O2. The second kappa shape index (κ2) is 9.13. The van der Waals surface area contributed by atoms with Crippen molar-refractivity contribution in [2.24, 2.45) is 10.9 Å². The fourth-order valence-corrected chi connectivity index (χ4v) is 3.10. The summed E-state index contributed by atoms with van der Waals surface area (Å²) in [6.45, 7) is 8.24. The van der Waals surface area contributed by atoms with Crippen molar-refractivity contribution < 1.29 is 9.57 Å². The number of nitriles is 1. The molecular weight excluding hydrogens is 354 g/mol. The van der Waals surface area contributed by atoms with Crippen LogP contribution in [-0.4, -0.2) is 30.6 Å². The highest BCUT2D eigenvalue weighted by molar-refractivity contribution is 5.97. The van der Waals surface area contributed by atoms with Crippen LogP contribution >= 0.6 is 0 Å². The summed E-state index contributed by atoms with van der Waals surface area (Å²) in [5.41, 5.74) is 4.82. The van der Waals surface area contributed by atoms with Crippen LogP contribution in [-0.2, 0) is 17.7 Å². The van der Waals surface area contributed by atoms with Crippen molar-refractivity contribution in [3.05, 3.63) is 64.9 Å². The van der Waals surface area contributed by atoms with E-state index in [1.54, 1.807) is 6.07 Å². The van der Waals surface area contributed by atoms with Gasteiger partial charge in [0.2, 0.25) is 11.8 Å². The Labute approximate surface area is 164 Å². The van der Waals surface area contributed by atoms with Gasteiger partial charge < -0.3 is 14.9 Å². The Balaban J connectivity index is 1.89. The number of hydrogen-bond acceptors (Lipinski definition) is 7. The van der Waals surface area contributed by atoms with Crippen LogP contribution < -0.4 is 16.0 Å². The van der Waals surface area contributed by atoms with Gasteiger partial charge in [0.05, 0.1) is 17.9 Å². The predicted molar refractivity (Wildman–Crippen MR) is 108 cm³/mol. The fourth-order valence-electron chi connectivity index (χ4n) is 3.10. The van der Waals surface area contributed by atoms with E-state index in [4.69, 9.17) is 15.5 Å². The van der Waals surface area contributed by atoms with Crippen molar-refractivity contribution in [2.75, 3.05) is 19.7 Å². The largest absolute Gasteiger partial charge is 0.477 e. The Morgan fingerprint density at radius 1 is 1.29 bits per heavy atom. The van der Waals surface area contributed by atoms with Crippen LogP contribution in [0.5, 0.6) is 5.88 Å². The van der Waals surface area contributed by atoms with Gasteiger partial charge in [0.25, 0.3) is 0 Å². The molecule has 0 radical (unpaired) electrons. The number of pyridine rings is 1. The van der Waals surface area contributed by atoms with Gasteiger partial charge in [0.1, 0.15) is 11.6 Å². The van der Waals surface area contributed by atoms with E-state index < -0.39 is 0 Å². The maximum absolute atomic E-state index is 9.31. The number of hydrogen-bond donors (Lipinski definition) is 2. The lowest BCUT2D eigenvalue weighted by molar-refractivity contribution is 0.320. The topological polar surface area (TPSA) is 106 Å². The Morgan fingerprint density at radius 3 is 2.79 bits per heavy atom. The highest BCUT2D eigenvalue weighted by atomic mass is 16.6. The summed E-state index contributed by atoms with van der Waals surface area (Å²) in [7, 11) is 0. The molecule has 2 heterocycles. The van der Waals surface area contributed by atoms with Crippen LogP contribution in [0.15, 0.2) is 42.0 Å². The first-order valence-corrected chi connectivity index (χ1v) is 9.16. The van der Waals surface area contributed by atoms with Crippen LogP contribution in [0.1, 0.15) is 34.7 Å². The molecule has 0 saturated heterocycles. The summed E-state index contributed by atoms with van der Waals surface area (Å²) in [6, 6.07) is 9.87. The third-order valence-electron chi connectivity index (χ3n) is 4.53. The van der Waals surface area contributed by atoms with Crippen LogP contribution in [0, 0.1) is 11.3 Å². The van der Waals surface area contributed by atoms with E-state index in [1.165, 1.54) is 17.3 Å². The third kappa shape index (κ3) is 4.36. The van der Waals surface area contributed by atoms with Gasteiger partial charge in [-0.05, 0) is 61.7 Å². The molecule has 3 N–H and O–H groups in total. The number of ether oxygens (including phenoxy) is 1. The summed E-state index contributed by atoms with van der Waals surface area (Å²) in [4.78, 5) is 13.5. The van der Waals surface area contributed by atoms with Crippen molar-refractivity contribution in [3.63, 3.8) is 0 Å². The van der Waals surface area contributed by atoms with E-state index in [2.05, 4.69) is 40.1 Å². The summed E-state index contributed by atoms with van der Waals surface area (Å²) < 4.78 is 5.34. The normalized spacial score (nSPS) is 13.8. The highest BCUT2D eigenvalue weighted by Crippen LogP contribution is 2.22. The van der Waals surface area contributed by atoms with Crippen molar-refractivity contribution in [1.82, 2.24) is 10.3 Å². The molecule has 1 aromatic carbocycles. The van der Waals surface area contributed by atoms with E-state index in [9.17, 15) is 5.26 Å². The lowest BCUT2D eigenvalue weighted by atomic mass is 9.99. The van der Waals surface area contributed by atoms with Crippen molar-refractivity contribution in [2.45, 2.75) is 19.8 Å². The summed E-state index contributed by atoms with van der Waals surface area (Å²) in [5.74, 6) is 5.83. The number of aliphatic imine (C=N–C) groups is 1. The zero-order valence-corrected chi connectivity index (χ0v) is 15.9. The summed E-state index contributed by atoms with van der Waals surface area (Å²) in [5, 5.41) is 12.7. The van der Waals surface area contributed by atoms with Gasteiger partial charge >= 0.3 is 0 Å². The van der Waals surface area contributed by atoms with E-state index in [1.807, 2.05) is 13.0 Å². The lowest BCUT2D eigenvalue weighted by Crippen LogP contribution is -2.16. The van der Waals surface area contributed by atoms with Crippen LogP contribution in [0.2, 0.25) is 0 Å². The molecule has 0 bridgehead atoms. The average molecular weight is 377 g/mol. The molecule has 0 saturated carbocycles. The van der Waals surface area contributed by atoms with Crippen LogP contribution in [0.3, 0.4) is 0 Å². The average Bonchev–Trinajstić information content (AvgIpc) is 2.97. The lowest BCUT2D eigenvalue weighted by Gasteiger charge is -2.10. The molecule has 1 aliphatic rings. The van der Waals surface area contributed by atoms with Gasteiger partial charge in [0.15, 0.2) is 0 Å². The first kappa shape index (κ1) is 19.5. The zero-order valence-electron chi connectivity index (χ0n) is 15.9. The second-order valence-corrected chi connectivity index (χ2v) is 6.34. The molecule has 7 nitrogen and oxygen atoms in total. The van der Waals surface area contributed by atoms with Gasteiger partial charge in [-0.2, -0.15) is 11.2 Å².